The Balaban J connectivity index is 1.84. The number of fused-ring (bicyclic) bond motifs is 1. The maximum atomic E-state index is 14.0. The maximum Gasteiger partial charge on any atom is 0.255 e. The van der Waals surface area contributed by atoms with Crippen LogP contribution in [0.25, 0.3) is 0 Å². The number of benzene rings is 2. The molecular formula is C20H17FN2O2. The fourth-order valence-electron chi connectivity index (χ4n) is 3.27. The SMILES string of the molecule is C#CC(NC(=O)c1cc(C(N)=O)ccc1F)C1CCc2ccccc21. The Kier molecular flexibility index (Phi) is 4.53. The minimum absolute atomic E-state index is 0.0208. The van der Waals surface area contributed by atoms with Gasteiger partial charge in [-0.3, -0.25) is 9.59 Å². The molecule has 1 aliphatic rings. The van der Waals surface area contributed by atoms with Gasteiger partial charge in [-0.1, -0.05) is 30.2 Å². The van der Waals surface area contributed by atoms with Crippen molar-refractivity contribution in [1.29, 1.82) is 0 Å². The lowest BCUT2D eigenvalue weighted by molar-refractivity contribution is 0.0937. The van der Waals surface area contributed by atoms with Gasteiger partial charge in [0.1, 0.15) is 5.82 Å². The monoisotopic (exact) mass is 336 g/mol. The van der Waals surface area contributed by atoms with E-state index in [0.29, 0.717) is 0 Å². The highest BCUT2D eigenvalue weighted by Gasteiger charge is 2.30. The third-order valence-electron chi connectivity index (χ3n) is 4.54. The Morgan fingerprint density at radius 2 is 2.04 bits per heavy atom. The van der Waals surface area contributed by atoms with E-state index in [1.54, 1.807) is 0 Å². The standard InChI is InChI=1S/C20H17FN2O2/c1-2-18(15-9-7-12-5-3-4-6-14(12)15)23-20(25)16-11-13(19(22)24)8-10-17(16)21/h1,3-6,8,10-11,15,18H,7,9H2,(H2,22,24)(H,23,25). The molecule has 3 rings (SSSR count). The zero-order valence-corrected chi connectivity index (χ0v) is 13.5. The van der Waals surface area contributed by atoms with Crippen molar-refractivity contribution in [3.8, 4) is 12.3 Å². The quantitative estimate of drug-likeness (QED) is 0.842. The van der Waals surface area contributed by atoms with Crippen molar-refractivity contribution >= 4 is 11.8 Å². The molecule has 0 spiro atoms. The summed E-state index contributed by atoms with van der Waals surface area (Å²) in [7, 11) is 0. The lowest BCUT2D eigenvalue weighted by atomic mass is 9.93. The summed E-state index contributed by atoms with van der Waals surface area (Å²) in [6.45, 7) is 0. The van der Waals surface area contributed by atoms with Crippen molar-refractivity contribution in [3.05, 3.63) is 70.5 Å². The summed E-state index contributed by atoms with van der Waals surface area (Å²) in [6.07, 6.45) is 7.33. The van der Waals surface area contributed by atoms with Crippen LogP contribution in [-0.2, 0) is 6.42 Å². The van der Waals surface area contributed by atoms with Crippen LogP contribution in [0.5, 0.6) is 0 Å². The molecule has 25 heavy (non-hydrogen) atoms. The summed E-state index contributed by atoms with van der Waals surface area (Å²) in [6, 6.07) is 10.8. The number of rotatable bonds is 4. The summed E-state index contributed by atoms with van der Waals surface area (Å²) in [5.74, 6) is 0.455. The second-order valence-electron chi connectivity index (χ2n) is 6.02. The largest absolute Gasteiger partial charge is 0.366 e. The van der Waals surface area contributed by atoms with Crippen LogP contribution >= 0.6 is 0 Å². The van der Waals surface area contributed by atoms with Crippen molar-refractivity contribution in [2.45, 2.75) is 24.8 Å². The molecule has 2 unspecified atom stereocenters. The van der Waals surface area contributed by atoms with Crippen molar-refractivity contribution in [3.63, 3.8) is 0 Å². The van der Waals surface area contributed by atoms with E-state index in [1.807, 2.05) is 24.3 Å². The average molecular weight is 336 g/mol. The van der Waals surface area contributed by atoms with Crippen LogP contribution in [0.4, 0.5) is 4.39 Å². The van der Waals surface area contributed by atoms with Crippen molar-refractivity contribution in [2.24, 2.45) is 5.73 Å². The minimum atomic E-state index is -0.731. The molecule has 0 radical (unpaired) electrons. The first-order chi connectivity index (χ1) is 12.0. The topological polar surface area (TPSA) is 72.2 Å². The Hall–Kier alpha value is -3.13. The van der Waals surface area contributed by atoms with Crippen molar-refractivity contribution in [2.75, 3.05) is 0 Å². The number of hydrogen-bond donors (Lipinski definition) is 2. The van der Waals surface area contributed by atoms with E-state index in [-0.39, 0.29) is 17.0 Å². The molecule has 0 aliphatic heterocycles. The normalized spacial score (nSPS) is 16.6. The van der Waals surface area contributed by atoms with Gasteiger partial charge in [0, 0.05) is 11.5 Å². The Morgan fingerprint density at radius 1 is 1.28 bits per heavy atom. The molecule has 2 atom stereocenters. The summed E-state index contributed by atoms with van der Waals surface area (Å²) in [5, 5.41) is 2.71. The molecule has 1 aliphatic carbocycles. The van der Waals surface area contributed by atoms with E-state index in [4.69, 9.17) is 12.2 Å². The molecule has 0 saturated carbocycles. The van der Waals surface area contributed by atoms with Crippen LogP contribution in [-0.4, -0.2) is 17.9 Å². The number of primary amides is 1. The summed E-state index contributed by atoms with van der Waals surface area (Å²) in [5.41, 5.74) is 7.33. The molecule has 0 aromatic heterocycles. The third kappa shape index (κ3) is 3.24. The van der Waals surface area contributed by atoms with Gasteiger partial charge >= 0.3 is 0 Å². The summed E-state index contributed by atoms with van der Waals surface area (Å²) in [4.78, 5) is 23.7. The van der Waals surface area contributed by atoms with Gasteiger partial charge < -0.3 is 11.1 Å². The fraction of sp³-hybridized carbons (Fsp3) is 0.200. The minimum Gasteiger partial charge on any atom is -0.366 e. The molecular weight excluding hydrogens is 319 g/mol. The van der Waals surface area contributed by atoms with Gasteiger partial charge in [-0.25, -0.2) is 4.39 Å². The second-order valence-corrected chi connectivity index (χ2v) is 6.02. The van der Waals surface area contributed by atoms with Crippen molar-refractivity contribution in [1.82, 2.24) is 5.32 Å². The number of carbonyl (C=O) groups is 2. The molecule has 2 amide bonds. The first-order valence-electron chi connectivity index (χ1n) is 7.95. The Bertz CT molecular complexity index is 886. The third-order valence-corrected chi connectivity index (χ3v) is 4.54. The van der Waals surface area contributed by atoms with E-state index in [2.05, 4.69) is 11.2 Å². The van der Waals surface area contributed by atoms with Gasteiger partial charge in [0.25, 0.3) is 5.91 Å². The van der Waals surface area contributed by atoms with Crippen LogP contribution < -0.4 is 11.1 Å². The van der Waals surface area contributed by atoms with Crippen LogP contribution in [0.3, 0.4) is 0 Å². The Labute approximate surface area is 145 Å². The van der Waals surface area contributed by atoms with Crippen LogP contribution in [0.1, 0.15) is 44.2 Å². The molecule has 2 aromatic rings. The lowest BCUT2D eigenvalue weighted by Gasteiger charge is -2.21. The molecule has 4 nitrogen and oxygen atoms in total. The molecule has 126 valence electrons. The first-order valence-corrected chi connectivity index (χ1v) is 7.95. The predicted octanol–water partition coefficient (Wildman–Crippen LogP) is 2.39. The molecule has 0 fully saturated rings. The smallest absolute Gasteiger partial charge is 0.255 e. The number of halogens is 1. The number of hydrogen-bond acceptors (Lipinski definition) is 2. The van der Waals surface area contributed by atoms with Gasteiger partial charge in [0.2, 0.25) is 5.91 Å². The molecule has 5 heteroatoms. The second kappa shape index (κ2) is 6.78. The number of carbonyl (C=O) groups excluding carboxylic acids is 2. The summed E-state index contributed by atoms with van der Waals surface area (Å²) < 4.78 is 14.0. The zero-order valence-electron chi connectivity index (χ0n) is 13.5. The fourth-order valence-corrected chi connectivity index (χ4v) is 3.27. The van der Waals surface area contributed by atoms with Crippen LogP contribution in [0.2, 0.25) is 0 Å². The molecule has 0 saturated heterocycles. The highest BCUT2D eigenvalue weighted by molar-refractivity contribution is 5.99. The van der Waals surface area contributed by atoms with Crippen LogP contribution in [0.15, 0.2) is 42.5 Å². The predicted molar refractivity (Wildman–Crippen MR) is 92.5 cm³/mol. The number of nitrogens with one attached hydrogen (secondary N) is 1. The number of aryl methyl sites for hydroxylation is 1. The zero-order chi connectivity index (χ0) is 18.0. The first kappa shape index (κ1) is 16.7. The average Bonchev–Trinajstić information content (AvgIpc) is 3.03. The van der Waals surface area contributed by atoms with Crippen molar-refractivity contribution < 1.29 is 14.0 Å². The molecule has 2 aromatic carbocycles. The van der Waals surface area contributed by atoms with Gasteiger partial charge in [-0.2, -0.15) is 0 Å². The van der Waals surface area contributed by atoms with E-state index < -0.39 is 23.7 Å². The highest BCUT2D eigenvalue weighted by atomic mass is 19.1. The van der Waals surface area contributed by atoms with Gasteiger partial charge in [0.15, 0.2) is 0 Å². The Morgan fingerprint density at radius 3 is 2.76 bits per heavy atom. The number of nitrogens with two attached hydrogens (primary N) is 1. The van der Waals surface area contributed by atoms with E-state index in [9.17, 15) is 14.0 Å². The van der Waals surface area contributed by atoms with Gasteiger partial charge in [-0.15, -0.1) is 6.42 Å². The van der Waals surface area contributed by atoms with Crippen LogP contribution in [0, 0.1) is 18.2 Å². The van der Waals surface area contributed by atoms with E-state index >= 15 is 0 Å². The highest BCUT2D eigenvalue weighted by Crippen LogP contribution is 2.35. The maximum absolute atomic E-state index is 14.0. The van der Waals surface area contributed by atoms with Gasteiger partial charge in [0.05, 0.1) is 11.6 Å². The number of terminal acetylenes is 1. The summed E-state index contributed by atoms with van der Waals surface area (Å²) >= 11 is 0. The molecule has 0 bridgehead atoms. The van der Waals surface area contributed by atoms with Gasteiger partial charge in [-0.05, 0) is 42.2 Å². The van der Waals surface area contributed by atoms with E-state index in [0.717, 1.165) is 30.5 Å². The van der Waals surface area contributed by atoms with E-state index in [1.165, 1.54) is 11.6 Å². The number of amides is 2. The molecule has 0 heterocycles. The molecule has 3 N–H and O–H groups in total. The lowest BCUT2D eigenvalue weighted by Crippen LogP contribution is -2.38.